The number of halogens is 1. The van der Waals surface area contributed by atoms with E-state index in [-0.39, 0.29) is 0 Å². The van der Waals surface area contributed by atoms with Crippen molar-refractivity contribution >= 4 is 39.3 Å². The number of benzene rings is 2. The summed E-state index contributed by atoms with van der Waals surface area (Å²) in [7, 11) is 0. The molecule has 2 aromatic carbocycles. The summed E-state index contributed by atoms with van der Waals surface area (Å²) < 4.78 is 1.07. The number of carbonyl (C=O) groups is 1. The van der Waals surface area contributed by atoms with E-state index in [0.29, 0.717) is 5.56 Å². The van der Waals surface area contributed by atoms with E-state index < -0.39 is 5.97 Å². The number of carboxylic acid groups (broad SMARTS) is 1. The average molecular weight is 298 g/mol. The van der Waals surface area contributed by atoms with Crippen LogP contribution in [0.3, 0.4) is 0 Å². The Morgan fingerprint density at radius 3 is 2.43 bits per heavy atom. The van der Waals surface area contributed by atoms with Crippen LogP contribution in [-0.2, 0) is 0 Å². The van der Waals surface area contributed by atoms with Crippen LogP contribution in [0.5, 0.6) is 0 Å². The lowest BCUT2D eigenvalue weighted by Crippen LogP contribution is -1.97. The van der Waals surface area contributed by atoms with Crippen molar-refractivity contribution in [1.29, 1.82) is 0 Å². The molecule has 3 heteroatoms. The SMILES string of the molecule is O=C(O)c1cccc2c(I)cccc12. The summed E-state index contributed by atoms with van der Waals surface area (Å²) in [6.45, 7) is 0. The molecule has 0 fully saturated rings. The summed E-state index contributed by atoms with van der Waals surface area (Å²) in [6.07, 6.45) is 0. The molecular weight excluding hydrogens is 291 g/mol. The van der Waals surface area contributed by atoms with Crippen LogP contribution in [0.1, 0.15) is 10.4 Å². The fourth-order valence-corrected chi connectivity index (χ4v) is 2.14. The number of aromatic carboxylic acids is 1. The van der Waals surface area contributed by atoms with Gasteiger partial charge in [-0.3, -0.25) is 0 Å². The molecule has 0 unspecified atom stereocenters. The minimum atomic E-state index is -0.877. The maximum atomic E-state index is 10.9. The van der Waals surface area contributed by atoms with E-state index in [1.54, 1.807) is 12.1 Å². The van der Waals surface area contributed by atoms with Crippen molar-refractivity contribution in [2.75, 3.05) is 0 Å². The van der Waals surface area contributed by atoms with Crippen molar-refractivity contribution in [3.05, 3.63) is 45.5 Å². The molecule has 0 amide bonds. The molecule has 2 nitrogen and oxygen atoms in total. The van der Waals surface area contributed by atoms with Gasteiger partial charge >= 0.3 is 5.97 Å². The van der Waals surface area contributed by atoms with Crippen LogP contribution in [-0.4, -0.2) is 11.1 Å². The van der Waals surface area contributed by atoms with Gasteiger partial charge in [0.1, 0.15) is 0 Å². The minimum absolute atomic E-state index is 0.362. The summed E-state index contributed by atoms with van der Waals surface area (Å²) in [4.78, 5) is 10.9. The fraction of sp³-hybridized carbons (Fsp3) is 0. The Morgan fingerprint density at radius 1 is 1.07 bits per heavy atom. The normalized spacial score (nSPS) is 10.4. The van der Waals surface area contributed by atoms with Gasteiger partial charge in [0, 0.05) is 3.57 Å². The lowest BCUT2D eigenvalue weighted by atomic mass is 10.1. The van der Waals surface area contributed by atoms with Gasteiger partial charge in [-0.25, -0.2) is 4.79 Å². The first kappa shape index (κ1) is 9.45. The average Bonchev–Trinajstić information content (AvgIpc) is 2.17. The van der Waals surface area contributed by atoms with Gasteiger partial charge in [-0.15, -0.1) is 0 Å². The molecule has 0 heterocycles. The molecule has 0 spiro atoms. The maximum Gasteiger partial charge on any atom is 0.336 e. The first-order chi connectivity index (χ1) is 6.70. The molecule has 0 aliphatic rings. The molecule has 2 rings (SSSR count). The lowest BCUT2D eigenvalue weighted by molar-refractivity contribution is 0.0699. The Balaban J connectivity index is 2.88. The molecule has 1 N–H and O–H groups in total. The molecule has 0 aliphatic carbocycles. The Kier molecular flexibility index (Phi) is 2.41. The van der Waals surface area contributed by atoms with Crippen LogP contribution in [0.25, 0.3) is 10.8 Å². The molecule has 0 radical (unpaired) electrons. The van der Waals surface area contributed by atoms with Gasteiger partial charge in [0.25, 0.3) is 0 Å². The van der Waals surface area contributed by atoms with Crippen LogP contribution in [0.4, 0.5) is 0 Å². The van der Waals surface area contributed by atoms with Crippen LogP contribution in [0.2, 0.25) is 0 Å². The number of rotatable bonds is 1. The molecule has 0 atom stereocenters. The molecule has 0 aliphatic heterocycles. The molecule has 0 saturated carbocycles. The smallest absolute Gasteiger partial charge is 0.336 e. The van der Waals surface area contributed by atoms with Gasteiger partial charge in [0.05, 0.1) is 5.56 Å². The summed E-state index contributed by atoms with van der Waals surface area (Å²) in [5, 5.41) is 10.8. The highest BCUT2D eigenvalue weighted by atomic mass is 127. The molecule has 70 valence electrons. The van der Waals surface area contributed by atoms with E-state index in [0.717, 1.165) is 14.3 Å². The highest BCUT2D eigenvalue weighted by Gasteiger charge is 2.08. The van der Waals surface area contributed by atoms with Crippen molar-refractivity contribution in [1.82, 2.24) is 0 Å². The van der Waals surface area contributed by atoms with Crippen LogP contribution in [0, 0.1) is 3.57 Å². The molecule has 2 aromatic rings. The zero-order valence-corrected chi connectivity index (χ0v) is 9.36. The summed E-state index contributed by atoms with van der Waals surface area (Å²) >= 11 is 2.21. The predicted octanol–water partition coefficient (Wildman–Crippen LogP) is 3.14. The van der Waals surface area contributed by atoms with Gasteiger partial charge in [-0.2, -0.15) is 0 Å². The molecule has 14 heavy (non-hydrogen) atoms. The molecule has 0 bridgehead atoms. The van der Waals surface area contributed by atoms with Crippen LogP contribution >= 0.6 is 22.6 Å². The van der Waals surface area contributed by atoms with Crippen LogP contribution < -0.4 is 0 Å². The number of hydrogen-bond acceptors (Lipinski definition) is 1. The van der Waals surface area contributed by atoms with E-state index in [1.807, 2.05) is 24.3 Å². The Labute approximate surface area is 94.7 Å². The number of hydrogen-bond donors (Lipinski definition) is 1. The van der Waals surface area contributed by atoms with Gasteiger partial charge in [0.2, 0.25) is 0 Å². The minimum Gasteiger partial charge on any atom is -0.478 e. The van der Waals surface area contributed by atoms with Gasteiger partial charge in [-0.05, 0) is 45.5 Å². The Morgan fingerprint density at radius 2 is 1.71 bits per heavy atom. The summed E-state index contributed by atoms with van der Waals surface area (Å²) in [5.41, 5.74) is 0.362. The quantitative estimate of drug-likeness (QED) is 0.821. The van der Waals surface area contributed by atoms with Crippen molar-refractivity contribution in [2.45, 2.75) is 0 Å². The highest BCUT2D eigenvalue weighted by molar-refractivity contribution is 14.1. The van der Waals surface area contributed by atoms with E-state index in [1.165, 1.54) is 0 Å². The largest absolute Gasteiger partial charge is 0.478 e. The first-order valence-electron chi connectivity index (χ1n) is 4.10. The third kappa shape index (κ3) is 1.48. The Bertz CT molecular complexity index is 506. The predicted molar refractivity (Wildman–Crippen MR) is 63.6 cm³/mol. The fourth-order valence-electron chi connectivity index (χ4n) is 1.46. The third-order valence-electron chi connectivity index (χ3n) is 2.10. The molecular formula is C11H7IO2. The monoisotopic (exact) mass is 298 g/mol. The first-order valence-corrected chi connectivity index (χ1v) is 5.18. The second-order valence-corrected chi connectivity index (χ2v) is 4.11. The van der Waals surface area contributed by atoms with Crippen molar-refractivity contribution in [2.24, 2.45) is 0 Å². The third-order valence-corrected chi connectivity index (χ3v) is 3.04. The highest BCUT2D eigenvalue weighted by Crippen LogP contribution is 2.23. The maximum absolute atomic E-state index is 10.9. The lowest BCUT2D eigenvalue weighted by Gasteiger charge is -2.03. The second-order valence-electron chi connectivity index (χ2n) is 2.95. The van der Waals surface area contributed by atoms with Crippen molar-refractivity contribution in [3.8, 4) is 0 Å². The standard InChI is InChI=1S/C11H7IO2/c12-10-6-2-3-7-8(10)4-1-5-9(7)11(13)14/h1-6H,(H,13,14). The number of fused-ring (bicyclic) bond motifs is 1. The van der Waals surface area contributed by atoms with E-state index >= 15 is 0 Å². The Hall–Kier alpha value is -1.10. The van der Waals surface area contributed by atoms with Gasteiger partial charge in [0.15, 0.2) is 0 Å². The van der Waals surface area contributed by atoms with E-state index in [9.17, 15) is 4.79 Å². The zero-order valence-electron chi connectivity index (χ0n) is 7.20. The van der Waals surface area contributed by atoms with Crippen molar-refractivity contribution < 1.29 is 9.90 Å². The molecule has 0 saturated heterocycles. The van der Waals surface area contributed by atoms with Gasteiger partial charge in [-0.1, -0.05) is 24.3 Å². The second kappa shape index (κ2) is 3.57. The van der Waals surface area contributed by atoms with Crippen LogP contribution in [0.15, 0.2) is 36.4 Å². The molecule has 0 aromatic heterocycles. The van der Waals surface area contributed by atoms with Crippen molar-refractivity contribution in [3.63, 3.8) is 0 Å². The zero-order chi connectivity index (χ0) is 10.1. The topological polar surface area (TPSA) is 37.3 Å². The van der Waals surface area contributed by atoms with Gasteiger partial charge < -0.3 is 5.11 Å². The van der Waals surface area contributed by atoms with E-state index in [4.69, 9.17) is 5.11 Å². The summed E-state index contributed by atoms with van der Waals surface area (Å²) in [6, 6.07) is 11.0. The van der Waals surface area contributed by atoms with E-state index in [2.05, 4.69) is 22.6 Å². The number of carboxylic acids is 1. The summed E-state index contributed by atoms with van der Waals surface area (Å²) in [5.74, 6) is -0.877.